The maximum Gasteiger partial charge on any atom is 0.303 e. The molecule has 0 bridgehead atoms. The third-order valence-electron chi connectivity index (χ3n) is 2.42. The third-order valence-corrected chi connectivity index (χ3v) is 2.42. The molecule has 0 amide bonds. The average molecular weight is 202 g/mol. The van der Waals surface area contributed by atoms with Crippen LogP contribution in [-0.4, -0.2) is 30.1 Å². The molecule has 0 spiro atoms. The van der Waals surface area contributed by atoms with Gasteiger partial charge in [-0.15, -0.1) is 0 Å². The van der Waals surface area contributed by atoms with Crippen molar-refractivity contribution >= 4 is 5.97 Å². The first-order chi connectivity index (χ1) is 6.62. The molecule has 1 aliphatic heterocycles. The number of carboxylic acids is 1. The van der Waals surface area contributed by atoms with Crippen LogP contribution in [0.15, 0.2) is 0 Å². The summed E-state index contributed by atoms with van der Waals surface area (Å²) in [6, 6.07) is 0. The lowest BCUT2D eigenvalue weighted by Gasteiger charge is -2.21. The van der Waals surface area contributed by atoms with E-state index < -0.39 is 11.8 Å². The Kier molecular flexibility index (Phi) is 4.35. The lowest BCUT2D eigenvalue weighted by Crippen LogP contribution is -2.25. The van der Waals surface area contributed by atoms with Crippen LogP contribution in [0.5, 0.6) is 0 Å². The minimum absolute atomic E-state index is 0.262. The first-order valence-electron chi connectivity index (χ1n) is 5.12. The fourth-order valence-electron chi connectivity index (χ4n) is 1.60. The molecule has 82 valence electrons. The van der Waals surface area contributed by atoms with Crippen LogP contribution < -0.4 is 0 Å². The molecule has 4 heteroatoms. The van der Waals surface area contributed by atoms with Crippen LogP contribution in [0.4, 0.5) is 0 Å². The van der Waals surface area contributed by atoms with E-state index in [4.69, 9.17) is 14.6 Å². The average Bonchev–Trinajstić information content (AvgIpc) is 2.51. The van der Waals surface area contributed by atoms with Crippen molar-refractivity contribution in [2.24, 2.45) is 0 Å². The number of rotatable bonds is 6. The molecule has 1 N–H and O–H groups in total. The zero-order valence-electron chi connectivity index (χ0n) is 8.62. The van der Waals surface area contributed by atoms with Crippen molar-refractivity contribution < 1.29 is 19.4 Å². The summed E-state index contributed by atoms with van der Waals surface area (Å²) < 4.78 is 10.9. The zero-order chi connectivity index (χ0) is 10.4. The highest BCUT2D eigenvalue weighted by Crippen LogP contribution is 2.25. The summed E-state index contributed by atoms with van der Waals surface area (Å²) in [4.78, 5) is 10.2. The monoisotopic (exact) mass is 202 g/mol. The van der Waals surface area contributed by atoms with Gasteiger partial charge in [0.1, 0.15) is 0 Å². The fourth-order valence-corrected chi connectivity index (χ4v) is 1.60. The summed E-state index contributed by atoms with van der Waals surface area (Å²) in [5.41, 5.74) is 0. The van der Waals surface area contributed by atoms with E-state index in [1.165, 1.54) is 0 Å². The Morgan fingerprint density at radius 1 is 1.29 bits per heavy atom. The highest BCUT2D eigenvalue weighted by Gasteiger charge is 2.29. The first-order valence-corrected chi connectivity index (χ1v) is 5.12. The summed E-state index contributed by atoms with van der Waals surface area (Å²) in [5.74, 6) is -1.13. The second-order valence-electron chi connectivity index (χ2n) is 3.79. The van der Waals surface area contributed by atoms with Crippen molar-refractivity contribution in [1.29, 1.82) is 0 Å². The second kappa shape index (κ2) is 5.32. The molecule has 0 atom stereocenters. The van der Waals surface area contributed by atoms with E-state index in [9.17, 15) is 4.79 Å². The van der Waals surface area contributed by atoms with E-state index in [2.05, 4.69) is 0 Å². The van der Waals surface area contributed by atoms with Gasteiger partial charge in [-0.25, -0.2) is 0 Å². The van der Waals surface area contributed by atoms with Crippen molar-refractivity contribution in [3.8, 4) is 0 Å². The summed E-state index contributed by atoms with van der Waals surface area (Å²) >= 11 is 0. The van der Waals surface area contributed by atoms with Gasteiger partial charge in [-0.2, -0.15) is 0 Å². The molecule has 0 aliphatic carbocycles. The Hall–Kier alpha value is -0.610. The summed E-state index contributed by atoms with van der Waals surface area (Å²) in [5, 5.41) is 8.43. The second-order valence-corrected chi connectivity index (χ2v) is 3.79. The SMILES string of the molecule is CC1(CCCCCC(=O)O)OCCO1. The van der Waals surface area contributed by atoms with Gasteiger partial charge in [-0.1, -0.05) is 6.42 Å². The molecule has 1 saturated heterocycles. The number of ether oxygens (including phenoxy) is 2. The van der Waals surface area contributed by atoms with Crippen molar-refractivity contribution in [2.45, 2.75) is 44.8 Å². The smallest absolute Gasteiger partial charge is 0.303 e. The van der Waals surface area contributed by atoms with E-state index >= 15 is 0 Å². The molecule has 0 aromatic heterocycles. The van der Waals surface area contributed by atoms with Crippen molar-refractivity contribution in [3.63, 3.8) is 0 Å². The van der Waals surface area contributed by atoms with E-state index in [0.29, 0.717) is 13.2 Å². The zero-order valence-corrected chi connectivity index (χ0v) is 8.62. The van der Waals surface area contributed by atoms with E-state index in [-0.39, 0.29) is 6.42 Å². The molecule has 1 rings (SSSR count). The summed E-state index contributed by atoms with van der Waals surface area (Å²) in [6.07, 6.45) is 3.74. The maximum atomic E-state index is 10.2. The predicted molar refractivity (Wildman–Crippen MR) is 51.0 cm³/mol. The highest BCUT2D eigenvalue weighted by molar-refractivity contribution is 5.66. The Morgan fingerprint density at radius 3 is 2.50 bits per heavy atom. The molecule has 0 radical (unpaired) electrons. The third kappa shape index (κ3) is 4.07. The molecule has 1 fully saturated rings. The maximum absolute atomic E-state index is 10.2. The fraction of sp³-hybridized carbons (Fsp3) is 0.900. The standard InChI is InChI=1S/C10H18O4/c1-10(13-7-8-14-10)6-4-2-3-5-9(11)12/h2-8H2,1H3,(H,11,12). The molecule has 0 saturated carbocycles. The Labute approximate surface area is 84.2 Å². The molecule has 0 unspecified atom stereocenters. The van der Waals surface area contributed by atoms with Crippen LogP contribution in [0.25, 0.3) is 0 Å². The van der Waals surface area contributed by atoms with Crippen LogP contribution >= 0.6 is 0 Å². The largest absolute Gasteiger partial charge is 0.481 e. The first kappa shape index (κ1) is 11.5. The molecule has 1 heterocycles. The highest BCUT2D eigenvalue weighted by atomic mass is 16.7. The normalized spacial score (nSPS) is 19.8. The number of unbranched alkanes of at least 4 members (excludes halogenated alkanes) is 2. The van der Waals surface area contributed by atoms with Crippen LogP contribution in [0.3, 0.4) is 0 Å². The van der Waals surface area contributed by atoms with Crippen LogP contribution in [0.2, 0.25) is 0 Å². The topological polar surface area (TPSA) is 55.8 Å². The summed E-state index contributed by atoms with van der Waals surface area (Å²) in [6.45, 7) is 3.29. The Morgan fingerprint density at radius 2 is 1.93 bits per heavy atom. The van der Waals surface area contributed by atoms with Crippen molar-refractivity contribution in [3.05, 3.63) is 0 Å². The van der Waals surface area contributed by atoms with Gasteiger partial charge < -0.3 is 14.6 Å². The molecule has 0 aromatic carbocycles. The Bertz CT molecular complexity index is 185. The number of hydrogen-bond acceptors (Lipinski definition) is 3. The molecule has 4 nitrogen and oxygen atoms in total. The molecular formula is C10H18O4. The van der Waals surface area contributed by atoms with Crippen LogP contribution in [-0.2, 0) is 14.3 Å². The molecule has 14 heavy (non-hydrogen) atoms. The van der Waals surface area contributed by atoms with Gasteiger partial charge in [0.2, 0.25) is 0 Å². The van der Waals surface area contributed by atoms with Gasteiger partial charge in [0.05, 0.1) is 13.2 Å². The molecular weight excluding hydrogens is 184 g/mol. The summed E-state index contributed by atoms with van der Waals surface area (Å²) in [7, 11) is 0. The number of hydrogen-bond donors (Lipinski definition) is 1. The van der Waals surface area contributed by atoms with Crippen LogP contribution in [0.1, 0.15) is 39.0 Å². The number of carboxylic acid groups (broad SMARTS) is 1. The minimum atomic E-state index is -0.718. The molecule has 1 aliphatic rings. The van der Waals surface area contributed by atoms with E-state index in [0.717, 1.165) is 25.7 Å². The predicted octanol–water partition coefficient (Wildman–Crippen LogP) is 1.78. The van der Waals surface area contributed by atoms with Gasteiger partial charge in [-0.05, 0) is 19.8 Å². The van der Waals surface area contributed by atoms with Gasteiger partial charge >= 0.3 is 5.97 Å². The van der Waals surface area contributed by atoms with Gasteiger partial charge in [-0.3, -0.25) is 4.79 Å². The van der Waals surface area contributed by atoms with E-state index in [1.54, 1.807) is 0 Å². The lowest BCUT2D eigenvalue weighted by atomic mass is 10.1. The van der Waals surface area contributed by atoms with Crippen molar-refractivity contribution in [1.82, 2.24) is 0 Å². The minimum Gasteiger partial charge on any atom is -0.481 e. The van der Waals surface area contributed by atoms with E-state index in [1.807, 2.05) is 6.92 Å². The molecule has 0 aromatic rings. The van der Waals surface area contributed by atoms with Gasteiger partial charge in [0.25, 0.3) is 0 Å². The number of carbonyl (C=O) groups is 1. The van der Waals surface area contributed by atoms with Gasteiger partial charge in [0, 0.05) is 12.8 Å². The van der Waals surface area contributed by atoms with Crippen LogP contribution in [0, 0.1) is 0 Å². The Balaban J connectivity index is 2.00. The van der Waals surface area contributed by atoms with Crippen molar-refractivity contribution in [2.75, 3.05) is 13.2 Å². The van der Waals surface area contributed by atoms with Gasteiger partial charge in [0.15, 0.2) is 5.79 Å². The lowest BCUT2D eigenvalue weighted by molar-refractivity contribution is -0.147. The number of aliphatic carboxylic acids is 1. The quantitative estimate of drug-likeness (QED) is 0.667.